The monoisotopic (exact) mass is 191 g/mol. The molecule has 1 aromatic rings. The highest BCUT2D eigenvalue weighted by atomic mass is 16.4. The van der Waals surface area contributed by atoms with Crippen LogP contribution in [0.25, 0.3) is 6.08 Å². The van der Waals surface area contributed by atoms with E-state index in [-0.39, 0.29) is 0 Å². The molecule has 0 fully saturated rings. The number of carbonyl (C=O) groups is 1. The zero-order chi connectivity index (χ0) is 10.8. The van der Waals surface area contributed by atoms with Gasteiger partial charge in [0.15, 0.2) is 0 Å². The fourth-order valence-electron chi connectivity index (χ4n) is 1.09. The molecule has 14 heavy (non-hydrogen) atoms. The quantitative estimate of drug-likeness (QED) is 0.762. The number of aliphatic carboxylic acids is 1. The van der Waals surface area contributed by atoms with Gasteiger partial charge in [-0.1, -0.05) is 36.9 Å². The molecule has 0 aliphatic rings. The molecule has 0 radical (unpaired) electrons. The summed E-state index contributed by atoms with van der Waals surface area (Å²) in [5.41, 5.74) is 5.83. The Labute approximate surface area is 82.9 Å². The predicted octanol–water partition coefficient (Wildman–Crippen LogP) is 1.59. The maximum atomic E-state index is 10.8. The average molecular weight is 191 g/mol. The first kappa shape index (κ1) is 10.5. The molecule has 74 valence electrons. The van der Waals surface area contributed by atoms with Crippen molar-refractivity contribution in [2.75, 3.05) is 0 Å². The van der Waals surface area contributed by atoms with Crippen LogP contribution in [0.2, 0.25) is 0 Å². The molecular weight excluding hydrogens is 178 g/mol. The SMILES string of the molecule is C=Cc1ccc(C(C)(N)C(=O)O)cc1. The molecule has 1 rings (SSSR count). The molecule has 0 aromatic heterocycles. The molecule has 0 saturated heterocycles. The third kappa shape index (κ3) is 1.83. The molecule has 1 atom stereocenters. The van der Waals surface area contributed by atoms with Gasteiger partial charge in [-0.15, -0.1) is 0 Å². The minimum absolute atomic E-state index is 0.579. The third-order valence-electron chi connectivity index (χ3n) is 2.19. The summed E-state index contributed by atoms with van der Waals surface area (Å²) in [6.07, 6.45) is 1.69. The Morgan fingerprint density at radius 3 is 2.36 bits per heavy atom. The van der Waals surface area contributed by atoms with Gasteiger partial charge >= 0.3 is 5.97 Å². The van der Waals surface area contributed by atoms with Crippen molar-refractivity contribution in [3.05, 3.63) is 42.0 Å². The van der Waals surface area contributed by atoms with Crippen molar-refractivity contribution in [3.8, 4) is 0 Å². The number of rotatable bonds is 3. The maximum absolute atomic E-state index is 10.8. The second-order valence-corrected chi connectivity index (χ2v) is 3.33. The molecule has 0 bridgehead atoms. The van der Waals surface area contributed by atoms with Gasteiger partial charge in [-0.2, -0.15) is 0 Å². The van der Waals surface area contributed by atoms with Crippen LogP contribution >= 0.6 is 0 Å². The highest BCUT2D eigenvalue weighted by molar-refractivity contribution is 5.80. The van der Waals surface area contributed by atoms with Crippen molar-refractivity contribution < 1.29 is 9.90 Å². The van der Waals surface area contributed by atoms with Crippen LogP contribution in [0.5, 0.6) is 0 Å². The molecular formula is C11H13NO2. The van der Waals surface area contributed by atoms with Crippen LogP contribution in [0.4, 0.5) is 0 Å². The van der Waals surface area contributed by atoms with E-state index >= 15 is 0 Å². The standard InChI is InChI=1S/C11H13NO2/c1-3-8-4-6-9(7-5-8)11(2,12)10(13)14/h3-7H,1,12H2,2H3,(H,13,14). The van der Waals surface area contributed by atoms with Crippen molar-refractivity contribution in [1.29, 1.82) is 0 Å². The first-order valence-electron chi connectivity index (χ1n) is 4.23. The lowest BCUT2D eigenvalue weighted by Gasteiger charge is -2.19. The van der Waals surface area contributed by atoms with E-state index in [1.54, 1.807) is 30.3 Å². The third-order valence-corrected chi connectivity index (χ3v) is 2.19. The van der Waals surface area contributed by atoms with Gasteiger partial charge in [-0.25, -0.2) is 4.79 Å². The van der Waals surface area contributed by atoms with Gasteiger partial charge in [0.05, 0.1) is 0 Å². The van der Waals surface area contributed by atoms with Crippen LogP contribution in [-0.4, -0.2) is 11.1 Å². The van der Waals surface area contributed by atoms with Crippen LogP contribution in [0.3, 0.4) is 0 Å². The van der Waals surface area contributed by atoms with Crippen molar-refractivity contribution in [3.63, 3.8) is 0 Å². The van der Waals surface area contributed by atoms with Gasteiger partial charge < -0.3 is 10.8 Å². The second kappa shape index (κ2) is 3.64. The lowest BCUT2D eigenvalue weighted by molar-refractivity contribution is -0.143. The molecule has 0 aliphatic carbocycles. The zero-order valence-electron chi connectivity index (χ0n) is 8.03. The molecule has 0 amide bonds. The minimum atomic E-state index is -1.33. The number of nitrogens with two attached hydrogens (primary N) is 1. The van der Waals surface area contributed by atoms with E-state index in [4.69, 9.17) is 10.8 Å². The van der Waals surface area contributed by atoms with Crippen molar-refractivity contribution in [2.45, 2.75) is 12.5 Å². The molecule has 3 heteroatoms. The van der Waals surface area contributed by atoms with Gasteiger partial charge in [0.2, 0.25) is 0 Å². The first-order chi connectivity index (χ1) is 6.48. The number of benzene rings is 1. The van der Waals surface area contributed by atoms with Gasteiger partial charge in [-0.3, -0.25) is 0 Å². The Kier molecular flexibility index (Phi) is 2.72. The van der Waals surface area contributed by atoms with E-state index in [2.05, 4.69) is 6.58 Å². The topological polar surface area (TPSA) is 63.3 Å². The molecule has 1 aromatic carbocycles. The summed E-state index contributed by atoms with van der Waals surface area (Å²) >= 11 is 0. The second-order valence-electron chi connectivity index (χ2n) is 3.33. The number of hydrogen-bond donors (Lipinski definition) is 2. The Balaban J connectivity index is 3.08. The summed E-state index contributed by atoms with van der Waals surface area (Å²) in [6, 6.07) is 6.98. The lowest BCUT2D eigenvalue weighted by Crippen LogP contribution is -2.41. The van der Waals surface area contributed by atoms with E-state index in [0.29, 0.717) is 5.56 Å². The Morgan fingerprint density at radius 1 is 1.50 bits per heavy atom. The summed E-state index contributed by atoms with van der Waals surface area (Å²) in [5, 5.41) is 8.88. The smallest absolute Gasteiger partial charge is 0.328 e. The van der Waals surface area contributed by atoms with E-state index < -0.39 is 11.5 Å². The van der Waals surface area contributed by atoms with Crippen LogP contribution < -0.4 is 5.73 Å². The summed E-state index contributed by atoms with van der Waals surface area (Å²) in [7, 11) is 0. The fourth-order valence-corrected chi connectivity index (χ4v) is 1.09. The number of carboxylic acids is 1. The highest BCUT2D eigenvalue weighted by Gasteiger charge is 2.29. The molecule has 0 heterocycles. The molecule has 3 nitrogen and oxygen atoms in total. The molecule has 1 unspecified atom stereocenters. The Hall–Kier alpha value is -1.61. The normalized spacial score (nSPS) is 14.4. The van der Waals surface area contributed by atoms with E-state index in [0.717, 1.165) is 5.56 Å². The van der Waals surface area contributed by atoms with Gasteiger partial charge in [0.25, 0.3) is 0 Å². The molecule has 0 aliphatic heterocycles. The largest absolute Gasteiger partial charge is 0.480 e. The van der Waals surface area contributed by atoms with Gasteiger partial charge in [0, 0.05) is 0 Å². The lowest BCUT2D eigenvalue weighted by atomic mass is 9.93. The molecule has 3 N–H and O–H groups in total. The highest BCUT2D eigenvalue weighted by Crippen LogP contribution is 2.18. The van der Waals surface area contributed by atoms with Crippen molar-refractivity contribution in [1.82, 2.24) is 0 Å². The zero-order valence-corrected chi connectivity index (χ0v) is 8.03. The van der Waals surface area contributed by atoms with Gasteiger partial charge in [-0.05, 0) is 18.1 Å². The first-order valence-corrected chi connectivity index (χ1v) is 4.23. The van der Waals surface area contributed by atoms with E-state index in [9.17, 15) is 4.79 Å². The van der Waals surface area contributed by atoms with Crippen LogP contribution in [0.1, 0.15) is 18.1 Å². The van der Waals surface area contributed by atoms with Crippen LogP contribution in [-0.2, 0) is 10.3 Å². The number of carboxylic acid groups (broad SMARTS) is 1. The Bertz CT molecular complexity index is 352. The van der Waals surface area contributed by atoms with Crippen LogP contribution in [0.15, 0.2) is 30.8 Å². The summed E-state index contributed by atoms with van der Waals surface area (Å²) < 4.78 is 0. The van der Waals surface area contributed by atoms with Crippen molar-refractivity contribution >= 4 is 12.0 Å². The molecule has 0 saturated carbocycles. The summed E-state index contributed by atoms with van der Waals surface area (Å²) in [4.78, 5) is 10.8. The minimum Gasteiger partial charge on any atom is -0.480 e. The van der Waals surface area contributed by atoms with Crippen molar-refractivity contribution in [2.24, 2.45) is 5.73 Å². The summed E-state index contributed by atoms with van der Waals surface area (Å²) in [5.74, 6) is -1.04. The number of hydrogen-bond acceptors (Lipinski definition) is 2. The van der Waals surface area contributed by atoms with Gasteiger partial charge in [0.1, 0.15) is 5.54 Å². The summed E-state index contributed by atoms with van der Waals surface area (Å²) in [6.45, 7) is 5.08. The fraction of sp³-hybridized carbons (Fsp3) is 0.182. The van der Waals surface area contributed by atoms with Crippen LogP contribution in [0, 0.1) is 0 Å². The van der Waals surface area contributed by atoms with E-state index in [1.807, 2.05) is 0 Å². The Morgan fingerprint density at radius 2 is 2.00 bits per heavy atom. The maximum Gasteiger partial charge on any atom is 0.328 e. The predicted molar refractivity (Wildman–Crippen MR) is 55.7 cm³/mol. The van der Waals surface area contributed by atoms with E-state index in [1.165, 1.54) is 6.92 Å². The average Bonchev–Trinajstić information content (AvgIpc) is 2.17. The molecule has 0 spiro atoms.